The lowest BCUT2D eigenvalue weighted by Crippen LogP contribution is -2.37. The summed E-state index contributed by atoms with van der Waals surface area (Å²) >= 11 is 1.68. The summed E-state index contributed by atoms with van der Waals surface area (Å²) in [6.45, 7) is 1.87. The number of allylic oxidation sites excluding steroid dienone is 3. The highest BCUT2D eigenvalue weighted by atomic mass is 32.2. The van der Waals surface area contributed by atoms with Crippen molar-refractivity contribution in [1.82, 2.24) is 10.4 Å². The van der Waals surface area contributed by atoms with Gasteiger partial charge in [0.1, 0.15) is 0 Å². The minimum atomic E-state index is 0.149. The smallest absolute Gasteiger partial charge is 0.208 e. The Morgan fingerprint density at radius 3 is 2.94 bits per heavy atom. The average molecular weight is 252 g/mol. The summed E-state index contributed by atoms with van der Waals surface area (Å²) in [6.07, 6.45) is 8.23. The third kappa shape index (κ3) is 2.12. The van der Waals surface area contributed by atoms with Crippen molar-refractivity contribution in [2.75, 3.05) is 13.4 Å². The molecule has 5 heteroatoms. The van der Waals surface area contributed by atoms with Crippen LogP contribution in [0.25, 0.3) is 0 Å². The highest BCUT2D eigenvalue weighted by Gasteiger charge is 2.32. The second-order valence-electron chi connectivity index (χ2n) is 3.74. The average Bonchev–Trinajstić information content (AvgIpc) is 2.80. The van der Waals surface area contributed by atoms with Crippen molar-refractivity contribution in [3.8, 4) is 0 Å². The maximum absolute atomic E-state index is 11.9. The van der Waals surface area contributed by atoms with Crippen molar-refractivity contribution in [3.63, 3.8) is 0 Å². The second-order valence-corrected chi connectivity index (χ2v) is 4.72. The summed E-state index contributed by atoms with van der Waals surface area (Å²) < 4.78 is 5.28. The summed E-state index contributed by atoms with van der Waals surface area (Å²) in [7, 11) is 1.62. The molecular formula is C12H16N2O2S. The molecule has 1 unspecified atom stereocenters. The topological polar surface area (TPSA) is 41.6 Å². The fourth-order valence-electron chi connectivity index (χ4n) is 1.87. The predicted molar refractivity (Wildman–Crippen MR) is 68.8 cm³/mol. The number of carbonyl (C=O) groups is 1. The van der Waals surface area contributed by atoms with Crippen molar-refractivity contribution in [1.29, 1.82) is 0 Å². The van der Waals surface area contributed by atoms with Gasteiger partial charge in [0, 0.05) is 18.1 Å². The zero-order chi connectivity index (χ0) is 12.4. The lowest BCUT2D eigenvalue weighted by atomic mass is 10.0. The molecule has 92 valence electrons. The Balaban J connectivity index is 2.37. The minimum absolute atomic E-state index is 0.149. The molecule has 0 aliphatic carbocycles. The van der Waals surface area contributed by atoms with Crippen molar-refractivity contribution >= 4 is 17.5 Å². The molecule has 1 atom stereocenters. The van der Waals surface area contributed by atoms with Gasteiger partial charge in [-0.15, -0.1) is 11.8 Å². The third-order valence-corrected chi connectivity index (χ3v) is 3.53. The Hall–Kier alpha value is -1.20. The fourth-order valence-corrected chi connectivity index (χ4v) is 2.34. The molecule has 0 aromatic rings. The van der Waals surface area contributed by atoms with Gasteiger partial charge in [0.2, 0.25) is 5.88 Å². The molecule has 2 aliphatic heterocycles. The van der Waals surface area contributed by atoms with E-state index in [0.29, 0.717) is 12.3 Å². The molecule has 0 fully saturated rings. The summed E-state index contributed by atoms with van der Waals surface area (Å²) in [6, 6.07) is 0. The molecule has 0 saturated heterocycles. The number of methoxy groups -OCH3 is 1. The van der Waals surface area contributed by atoms with Crippen LogP contribution >= 0.6 is 11.8 Å². The first-order valence-electron chi connectivity index (χ1n) is 5.51. The number of nitrogens with one attached hydrogen (secondary N) is 1. The monoisotopic (exact) mass is 252 g/mol. The number of nitrogens with zero attached hydrogens (tertiary/aromatic N) is 1. The molecule has 0 spiro atoms. The first-order valence-corrected chi connectivity index (χ1v) is 6.80. The molecule has 4 nitrogen and oxygen atoms in total. The van der Waals surface area contributed by atoms with E-state index in [-0.39, 0.29) is 11.2 Å². The molecule has 1 N–H and O–H groups in total. The quantitative estimate of drug-likeness (QED) is 0.826. The minimum Gasteiger partial charge on any atom is -0.481 e. The molecule has 0 saturated carbocycles. The molecule has 2 rings (SSSR count). The van der Waals surface area contributed by atoms with E-state index in [4.69, 9.17) is 4.74 Å². The third-order valence-electron chi connectivity index (χ3n) is 2.78. The maximum atomic E-state index is 11.9. The van der Waals surface area contributed by atoms with Crippen LogP contribution in [0.2, 0.25) is 0 Å². The van der Waals surface area contributed by atoms with Crippen molar-refractivity contribution in [2.45, 2.75) is 18.7 Å². The van der Waals surface area contributed by atoms with E-state index in [1.807, 2.05) is 30.3 Å². The van der Waals surface area contributed by atoms with Gasteiger partial charge in [-0.1, -0.05) is 6.92 Å². The van der Waals surface area contributed by atoms with Gasteiger partial charge < -0.3 is 4.74 Å². The number of rotatable bonds is 4. The zero-order valence-electron chi connectivity index (χ0n) is 10.2. The van der Waals surface area contributed by atoms with Gasteiger partial charge in [-0.05, 0) is 18.4 Å². The molecule has 0 aromatic heterocycles. The Morgan fingerprint density at radius 2 is 2.35 bits per heavy atom. The molecule has 0 bridgehead atoms. The summed E-state index contributed by atoms with van der Waals surface area (Å²) in [5.74, 6) is 0.858. The van der Waals surface area contributed by atoms with Gasteiger partial charge in [-0.2, -0.15) is 0 Å². The Labute approximate surface area is 105 Å². The number of carbonyl (C=O) groups excluding carboxylic acids is 1. The van der Waals surface area contributed by atoms with E-state index in [2.05, 4.69) is 11.5 Å². The number of hydrogen-bond acceptors (Lipinski definition) is 5. The van der Waals surface area contributed by atoms with Gasteiger partial charge in [-0.25, -0.2) is 10.4 Å². The molecule has 2 heterocycles. The summed E-state index contributed by atoms with van der Waals surface area (Å²) in [5, 5.41) is 2.01. The number of hydrazine groups is 1. The van der Waals surface area contributed by atoms with Crippen LogP contribution in [0.15, 0.2) is 35.4 Å². The molecule has 2 aliphatic rings. The van der Waals surface area contributed by atoms with Crippen LogP contribution in [0.3, 0.4) is 0 Å². The second kappa shape index (κ2) is 4.98. The van der Waals surface area contributed by atoms with Crippen LogP contribution in [0, 0.1) is 0 Å². The van der Waals surface area contributed by atoms with Crippen LogP contribution in [0.1, 0.15) is 13.3 Å². The SMILES string of the molecule is CCC(=O)C1=CC=C(OC)N2NC(SC)C=C12. The molecule has 0 radical (unpaired) electrons. The highest BCUT2D eigenvalue weighted by Crippen LogP contribution is 2.31. The highest BCUT2D eigenvalue weighted by molar-refractivity contribution is 7.99. The zero-order valence-corrected chi connectivity index (χ0v) is 11.0. The van der Waals surface area contributed by atoms with Crippen LogP contribution < -0.4 is 5.43 Å². The van der Waals surface area contributed by atoms with E-state index in [9.17, 15) is 4.79 Å². The lowest BCUT2D eigenvalue weighted by molar-refractivity contribution is -0.115. The van der Waals surface area contributed by atoms with Crippen molar-refractivity contribution in [2.24, 2.45) is 0 Å². The first kappa shape index (κ1) is 12.3. The van der Waals surface area contributed by atoms with Crippen LogP contribution in [-0.2, 0) is 9.53 Å². The van der Waals surface area contributed by atoms with Gasteiger partial charge in [-0.3, -0.25) is 4.79 Å². The number of hydrogen-bond donors (Lipinski definition) is 1. The summed E-state index contributed by atoms with van der Waals surface area (Å²) in [4.78, 5) is 11.9. The Bertz CT molecular complexity index is 426. The van der Waals surface area contributed by atoms with Gasteiger partial charge in [0.15, 0.2) is 5.78 Å². The van der Waals surface area contributed by atoms with Gasteiger partial charge in [0.05, 0.1) is 18.2 Å². The number of thioether (sulfide) groups is 1. The van der Waals surface area contributed by atoms with Gasteiger partial charge in [0.25, 0.3) is 0 Å². The molecule has 17 heavy (non-hydrogen) atoms. The van der Waals surface area contributed by atoms with Crippen LogP contribution in [0.4, 0.5) is 0 Å². The standard InChI is InChI=1S/C12H16N2O2S/c1-4-10(15)8-5-6-12(16-2)14-9(8)7-11(13-14)17-3/h5-7,11,13H,4H2,1-3H3. The maximum Gasteiger partial charge on any atom is 0.208 e. The van der Waals surface area contributed by atoms with Crippen molar-refractivity contribution in [3.05, 3.63) is 35.4 Å². The number of ether oxygens (including phenoxy) is 1. The van der Waals surface area contributed by atoms with Crippen LogP contribution in [0.5, 0.6) is 0 Å². The Morgan fingerprint density at radius 1 is 1.59 bits per heavy atom. The molecule has 0 aromatic carbocycles. The van der Waals surface area contributed by atoms with E-state index in [1.54, 1.807) is 18.9 Å². The largest absolute Gasteiger partial charge is 0.481 e. The summed E-state index contributed by atoms with van der Waals surface area (Å²) in [5.41, 5.74) is 4.92. The first-order chi connectivity index (χ1) is 8.21. The van der Waals surface area contributed by atoms with Crippen molar-refractivity contribution < 1.29 is 9.53 Å². The van der Waals surface area contributed by atoms with E-state index in [1.165, 1.54) is 0 Å². The lowest BCUT2D eigenvalue weighted by Gasteiger charge is -2.27. The number of fused-ring (bicyclic) bond motifs is 1. The Kier molecular flexibility index (Phi) is 3.59. The predicted octanol–water partition coefficient (Wildman–Crippen LogP) is 1.79. The number of ketones is 1. The molecular weight excluding hydrogens is 236 g/mol. The normalized spacial score (nSPS) is 22.6. The van der Waals surface area contributed by atoms with E-state index < -0.39 is 0 Å². The molecule has 0 amide bonds. The number of Topliss-reactive ketones (excluding diaryl/α,β-unsaturated/α-hetero) is 1. The fraction of sp³-hybridized carbons (Fsp3) is 0.417. The van der Waals surface area contributed by atoms with Gasteiger partial charge >= 0.3 is 0 Å². The van der Waals surface area contributed by atoms with E-state index in [0.717, 1.165) is 11.3 Å². The van der Waals surface area contributed by atoms with Crippen LogP contribution in [-0.4, -0.2) is 29.5 Å². The van der Waals surface area contributed by atoms with E-state index >= 15 is 0 Å².